The molecule has 21 aromatic carbocycles. The lowest BCUT2D eigenvalue weighted by Crippen LogP contribution is -2.10. The Bertz CT molecular complexity index is 8390. The number of hydrogen-bond acceptors (Lipinski definition) is 4. The number of hydrogen-bond donors (Lipinski definition) is 0. The number of rotatable bonds is 16. The lowest BCUT2D eigenvalue weighted by molar-refractivity contribution is 0.668. The fraction of sp³-hybridized carbons (Fsp3) is 0. The Kier molecular flexibility index (Phi) is 19.2. The molecule has 0 fully saturated rings. The van der Waals surface area contributed by atoms with Gasteiger partial charge in [0.2, 0.25) is 0 Å². The van der Waals surface area contributed by atoms with Gasteiger partial charge in [-0.15, -0.1) is 0 Å². The average molecular weight is 1660 g/mol. The van der Waals surface area contributed by atoms with Gasteiger partial charge in [0, 0.05) is 88.6 Å². The molecule has 0 saturated heterocycles. The summed E-state index contributed by atoms with van der Waals surface area (Å²) in [5, 5.41) is 12.1. The van der Waals surface area contributed by atoms with E-state index in [9.17, 15) is 0 Å². The molecule has 0 amide bonds. The summed E-state index contributed by atoms with van der Waals surface area (Å²) in [6.45, 7) is 0. The normalized spacial score (nSPS) is 11.5. The smallest absolute Gasteiger partial charge is 0.135 e. The zero-order chi connectivity index (χ0) is 86.0. The van der Waals surface area contributed by atoms with E-state index in [1.54, 1.807) is 0 Å². The number of furan rings is 2. The van der Waals surface area contributed by atoms with E-state index in [0.717, 1.165) is 101 Å². The van der Waals surface area contributed by atoms with Crippen LogP contribution in [0.2, 0.25) is 0 Å². The van der Waals surface area contributed by atoms with Crippen molar-refractivity contribution in [2.24, 2.45) is 0 Å². The third-order valence-corrected chi connectivity index (χ3v) is 25.9. The Labute approximate surface area is 752 Å². The maximum absolute atomic E-state index is 6.10. The van der Waals surface area contributed by atoms with Gasteiger partial charge in [-0.2, -0.15) is 0 Å². The molecule has 130 heavy (non-hydrogen) atoms. The minimum atomic E-state index is 0.911. The van der Waals surface area contributed by atoms with Gasteiger partial charge in [-0.1, -0.05) is 340 Å². The second kappa shape index (κ2) is 32.7. The zero-order valence-electron chi connectivity index (χ0n) is 70.9. The molecular weight excluding hydrogens is 1580 g/mol. The number of nitrogens with zero attached hydrogens (tertiary/aromatic N) is 4. The van der Waals surface area contributed by atoms with Gasteiger partial charge in [0.25, 0.3) is 0 Å². The van der Waals surface area contributed by atoms with E-state index in [2.05, 4.69) is 492 Å². The fourth-order valence-corrected chi connectivity index (χ4v) is 19.3. The van der Waals surface area contributed by atoms with Crippen LogP contribution in [0.4, 0.5) is 34.1 Å². The molecule has 25 rings (SSSR count). The lowest BCUT2D eigenvalue weighted by Gasteiger charge is -2.26. The van der Waals surface area contributed by atoms with Crippen LogP contribution in [0.25, 0.3) is 199 Å². The molecule has 0 saturated carbocycles. The standard InChI is InChI=1S/C64H42N2O.C60H40N2O/c1-2-12-55-48(10-1)11-9-16-56(55)49-26-24-44(25-27-49)46-30-35-52(36-31-46)65(53-37-39-54(40-38-53)66-61-17-6-3-13-57(61)58-14-4-7-18-62(58)66)51-33-28-45(29-34-51)43-20-22-47(23-21-43)50-32-41-64-60(42-50)59-15-5-8-19-63(59)67-64;1-2-10-41(11-3-1)42-18-20-43(21-19-42)45-26-31-49(32-27-45)61(51-35-37-52(38-36-51)62-57-15-7-4-12-53(57)54-13-5-8-16-58(54)62)50-33-28-46(29-34-50)44-22-24-47(25-23-44)48-30-39-60-56(40-48)55-14-6-9-17-59(55)63-60/h1-42H;1-40H. The molecule has 4 aromatic heterocycles. The van der Waals surface area contributed by atoms with Crippen molar-refractivity contribution in [3.8, 4) is 100 Å². The van der Waals surface area contributed by atoms with E-state index in [4.69, 9.17) is 8.83 Å². The summed E-state index contributed by atoms with van der Waals surface area (Å²) in [5.74, 6) is 0. The highest BCUT2D eigenvalue weighted by Crippen LogP contribution is 2.45. The van der Waals surface area contributed by atoms with Gasteiger partial charge < -0.3 is 27.8 Å². The molecule has 0 N–H and O–H groups in total. The molecule has 4 heterocycles. The molecule has 0 aliphatic heterocycles. The Balaban J connectivity index is 0.000000144. The van der Waals surface area contributed by atoms with E-state index in [1.807, 2.05) is 24.3 Å². The summed E-state index contributed by atoms with van der Waals surface area (Å²) < 4.78 is 16.9. The van der Waals surface area contributed by atoms with Crippen LogP contribution >= 0.6 is 0 Å². The molecule has 25 aromatic rings. The van der Waals surface area contributed by atoms with E-state index in [1.165, 1.54) is 132 Å². The van der Waals surface area contributed by atoms with Gasteiger partial charge >= 0.3 is 0 Å². The molecule has 0 aliphatic rings. The molecular formula is C124H82N4O2. The molecule has 6 nitrogen and oxygen atoms in total. The summed E-state index contributed by atoms with van der Waals surface area (Å²) in [7, 11) is 0. The molecule has 6 heteroatoms. The van der Waals surface area contributed by atoms with Crippen LogP contribution in [0, 0.1) is 0 Å². The first-order valence-electron chi connectivity index (χ1n) is 44.4. The van der Waals surface area contributed by atoms with Crippen molar-refractivity contribution in [2.45, 2.75) is 0 Å². The Hall–Kier alpha value is -17.3. The second-order valence-electron chi connectivity index (χ2n) is 33.5. The monoisotopic (exact) mass is 1660 g/mol. The summed E-state index contributed by atoms with van der Waals surface area (Å²) in [4.78, 5) is 4.70. The van der Waals surface area contributed by atoms with Crippen molar-refractivity contribution in [2.75, 3.05) is 9.80 Å². The van der Waals surface area contributed by atoms with E-state index in [0.29, 0.717) is 0 Å². The number of anilines is 6. The predicted octanol–water partition coefficient (Wildman–Crippen LogP) is 34.8. The summed E-state index contributed by atoms with van der Waals surface area (Å²) in [6, 6.07) is 179. The van der Waals surface area contributed by atoms with Crippen molar-refractivity contribution in [3.05, 3.63) is 497 Å². The topological polar surface area (TPSA) is 42.6 Å². The molecule has 0 atom stereocenters. The molecule has 0 unspecified atom stereocenters. The largest absolute Gasteiger partial charge is 0.456 e. The van der Waals surface area contributed by atoms with E-state index in [-0.39, 0.29) is 0 Å². The van der Waals surface area contributed by atoms with Crippen LogP contribution in [-0.4, -0.2) is 9.13 Å². The van der Waals surface area contributed by atoms with Gasteiger partial charge in [0.1, 0.15) is 22.3 Å². The van der Waals surface area contributed by atoms with Crippen molar-refractivity contribution in [1.82, 2.24) is 9.13 Å². The van der Waals surface area contributed by atoms with Gasteiger partial charge in [0.05, 0.1) is 22.1 Å². The maximum atomic E-state index is 6.10. The minimum Gasteiger partial charge on any atom is -0.456 e. The first-order chi connectivity index (χ1) is 64.4. The van der Waals surface area contributed by atoms with Gasteiger partial charge in [0.15, 0.2) is 0 Å². The third-order valence-electron chi connectivity index (χ3n) is 25.9. The predicted molar refractivity (Wildman–Crippen MR) is 546 cm³/mol. The maximum Gasteiger partial charge on any atom is 0.135 e. The average Bonchev–Trinajstić information content (AvgIpc) is 1.61. The first kappa shape index (κ1) is 76.3. The highest BCUT2D eigenvalue weighted by atomic mass is 16.3. The molecule has 0 bridgehead atoms. The number of para-hydroxylation sites is 6. The Morgan fingerprint density at radius 2 is 0.377 bits per heavy atom. The molecule has 0 aliphatic carbocycles. The SMILES string of the molecule is c1ccc(-c2ccc(-c3ccc(N(c4ccc(-c5ccc(-c6ccc7oc8ccccc8c7c6)cc5)cc4)c4ccc(-n5c6ccccc6c6ccccc65)cc4)cc3)cc2)cc1.c1ccc2c(-c3ccc(-c4ccc(N(c5ccc(-c6ccc(-c7ccc8oc9ccccc9c8c7)cc6)cc5)c5ccc(-n6c7ccccc7c7ccccc76)cc5)cc4)cc3)cccc2c1. The van der Waals surface area contributed by atoms with Crippen LogP contribution in [0.1, 0.15) is 0 Å². The van der Waals surface area contributed by atoms with E-state index < -0.39 is 0 Å². The molecule has 0 radical (unpaired) electrons. The summed E-state index contributed by atoms with van der Waals surface area (Å²) in [6.07, 6.45) is 0. The highest BCUT2D eigenvalue weighted by molar-refractivity contribution is 6.12. The van der Waals surface area contributed by atoms with Crippen molar-refractivity contribution in [1.29, 1.82) is 0 Å². The van der Waals surface area contributed by atoms with Crippen LogP contribution in [0.3, 0.4) is 0 Å². The molecule has 0 spiro atoms. The minimum absolute atomic E-state index is 0.911. The fourth-order valence-electron chi connectivity index (χ4n) is 19.3. The van der Waals surface area contributed by atoms with Crippen molar-refractivity contribution < 1.29 is 8.83 Å². The summed E-state index contributed by atoms with van der Waals surface area (Å²) in [5.41, 5.74) is 36.2. The quantitative estimate of drug-likeness (QED) is 0.0967. The second-order valence-corrected chi connectivity index (χ2v) is 33.5. The van der Waals surface area contributed by atoms with Gasteiger partial charge in [-0.25, -0.2) is 0 Å². The first-order valence-corrected chi connectivity index (χ1v) is 44.4. The Morgan fingerprint density at radius 3 is 0.715 bits per heavy atom. The van der Waals surface area contributed by atoms with Crippen molar-refractivity contribution >= 4 is 132 Å². The molecule has 610 valence electrons. The van der Waals surface area contributed by atoms with Gasteiger partial charge in [-0.3, -0.25) is 0 Å². The number of fused-ring (bicyclic) bond motifs is 13. The summed E-state index contributed by atoms with van der Waals surface area (Å²) >= 11 is 0. The Morgan fingerprint density at radius 1 is 0.146 bits per heavy atom. The number of aromatic nitrogens is 2. The van der Waals surface area contributed by atoms with Crippen molar-refractivity contribution in [3.63, 3.8) is 0 Å². The van der Waals surface area contributed by atoms with Crippen LogP contribution in [0.15, 0.2) is 506 Å². The van der Waals surface area contributed by atoms with Gasteiger partial charge in [-0.05, 0) is 258 Å². The lowest BCUT2D eigenvalue weighted by atomic mass is 9.96. The zero-order valence-corrected chi connectivity index (χ0v) is 70.9. The van der Waals surface area contributed by atoms with Crippen LogP contribution in [-0.2, 0) is 0 Å². The number of benzene rings is 21. The van der Waals surface area contributed by atoms with Crippen LogP contribution < -0.4 is 9.80 Å². The van der Waals surface area contributed by atoms with E-state index >= 15 is 0 Å². The third kappa shape index (κ3) is 14.1. The van der Waals surface area contributed by atoms with Crippen LogP contribution in [0.5, 0.6) is 0 Å². The highest BCUT2D eigenvalue weighted by Gasteiger charge is 2.22.